The largest absolute Gasteiger partial charge is 0.394 e. The zero-order valence-electron chi connectivity index (χ0n) is 19.0. The molecule has 10 atom stereocenters. The second-order valence-electron chi connectivity index (χ2n) is 8.52. The average Bonchev–Trinajstić information content (AvgIpc) is 2.89. The molecule has 2 fully saturated rings. The van der Waals surface area contributed by atoms with Crippen LogP contribution in [0.15, 0.2) is 12.1 Å². The van der Waals surface area contributed by atoms with E-state index in [0.29, 0.717) is 0 Å². The minimum absolute atomic E-state index is 0.247. The van der Waals surface area contributed by atoms with Crippen molar-refractivity contribution in [2.75, 3.05) is 13.2 Å². The fourth-order valence-corrected chi connectivity index (χ4v) is 3.92. The summed E-state index contributed by atoms with van der Waals surface area (Å²) >= 11 is 0. The molecule has 36 heavy (non-hydrogen) atoms. The van der Waals surface area contributed by atoms with E-state index in [4.69, 9.17) is 9.47 Å². The van der Waals surface area contributed by atoms with E-state index in [-0.39, 0.29) is 22.3 Å². The first-order valence-electron chi connectivity index (χ1n) is 11.2. The van der Waals surface area contributed by atoms with E-state index in [1.54, 1.807) is 0 Å². The van der Waals surface area contributed by atoms with Crippen molar-refractivity contribution in [3.05, 3.63) is 34.4 Å². The number of rotatable bonds is 4. The van der Waals surface area contributed by atoms with Gasteiger partial charge >= 0.3 is 0 Å². The van der Waals surface area contributed by atoms with Gasteiger partial charge in [0.25, 0.3) is 0 Å². The third kappa shape index (κ3) is 5.88. The predicted molar refractivity (Wildman–Crippen MR) is 120 cm³/mol. The lowest BCUT2D eigenvalue weighted by molar-refractivity contribution is -0.214. The van der Waals surface area contributed by atoms with Gasteiger partial charge in [-0.2, -0.15) is 0 Å². The molecule has 2 aliphatic rings. The van der Waals surface area contributed by atoms with Gasteiger partial charge in [-0.15, -0.1) is 0 Å². The first kappa shape index (κ1) is 28.4. The quantitative estimate of drug-likeness (QED) is 0.172. The highest BCUT2D eigenvalue weighted by molar-refractivity contribution is 5.52. The average molecular weight is 510 g/mol. The normalized spacial score (nSPS) is 36.4. The first-order chi connectivity index (χ1) is 17.2. The van der Waals surface area contributed by atoms with Crippen molar-refractivity contribution in [1.82, 2.24) is 0 Å². The fourth-order valence-electron chi connectivity index (χ4n) is 3.92. The summed E-state index contributed by atoms with van der Waals surface area (Å²) in [6, 6.07) is 2.86. The van der Waals surface area contributed by atoms with Crippen LogP contribution in [0.1, 0.15) is 22.3 Å². The maximum Gasteiger partial charge on any atom is 0.147 e. The number of ether oxygens (including phenoxy) is 2. The summed E-state index contributed by atoms with van der Waals surface area (Å²) in [6.07, 6.45) is -14.1. The summed E-state index contributed by atoms with van der Waals surface area (Å²) < 4.78 is 10.7. The lowest BCUT2D eigenvalue weighted by Crippen LogP contribution is -2.58. The summed E-state index contributed by atoms with van der Waals surface area (Å²) in [5, 5.41) is 98.1. The zero-order chi connectivity index (χ0) is 26.6. The molecule has 2 aliphatic heterocycles. The molecule has 0 aliphatic carbocycles. The first-order valence-corrected chi connectivity index (χ1v) is 11.2. The maximum absolute atomic E-state index is 10.1. The van der Waals surface area contributed by atoms with Gasteiger partial charge < -0.3 is 60.5 Å². The van der Waals surface area contributed by atoms with Crippen LogP contribution >= 0.6 is 0 Å². The van der Waals surface area contributed by atoms with Crippen LogP contribution in [0.5, 0.6) is 0 Å². The van der Waals surface area contributed by atoms with E-state index in [9.17, 15) is 51.1 Å². The Bertz CT molecular complexity index is 938. The van der Waals surface area contributed by atoms with Crippen LogP contribution in [0, 0.1) is 23.7 Å². The van der Waals surface area contributed by atoms with E-state index in [1.165, 1.54) is 12.1 Å². The number of aliphatic hydroxyl groups is 10. The predicted octanol–water partition coefficient (Wildman–Crippen LogP) is -4.94. The molecule has 1 aromatic carbocycles. The minimum atomic E-state index is -1.60. The van der Waals surface area contributed by atoms with Gasteiger partial charge in [0.05, 0.1) is 26.4 Å². The van der Waals surface area contributed by atoms with Crippen molar-refractivity contribution in [2.45, 2.75) is 74.3 Å². The molecule has 0 radical (unpaired) electrons. The van der Waals surface area contributed by atoms with Crippen LogP contribution < -0.4 is 0 Å². The van der Waals surface area contributed by atoms with Crippen molar-refractivity contribution >= 4 is 0 Å². The van der Waals surface area contributed by atoms with Gasteiger partial charge in [-0.05, 0) is 23.3 Å². The second kappa shape index (κ2) is 12.4. The van der Waals surface area contributed by atoms with Gasteiger partial charge in [0, 0.05) is 11.1 Å². The van der Waals surface area contributed by atoms with E-state index in [2.05, 4.69) is 23.7 Å². The number of benzene rings is 1. The molecule has 10 unspecified atom stereocenters. The Morgan fingerprint density at radius 2 is 0.917 bits per heavy atom. The van der Waals surface area contributed by atoms with Crippen LogP contribution in [-0.4, -0.2) is 125 Å². The van der Waals surface area contributed by atoms with Crippen molar-refractivity contribution < 1.29 is 60.5 Å². The Kier molecular flexibility index (Phi) is 9.79. The Balaban J connectivity index is 1.89. The van der Waals surface area contributed by atoms with Crippen LogP contribution in [0.4, 0.5) is 0 Å². The molecule has 2 heterocycles. The van der Waals surface area contributed by atoms with Crippen molar-refractivity contribution in [3.8, 4) is 23.7 Å². The molecule has 12 nitrogen and oxygen atoms in total. The lowest BCUT2D eigenvalue weighted by Gasteiger charge is -2.37. The highest BCUT2D eigenvalue weighted by Crippen LogP contribution is 2.23. The van der Waals surface area contributed by atoms with E-state index < -0.39 is 87.5 Å². The molecule has 198 valence electrons. The van der Waals surface area contributed by atoms with Crippen molar-refractivity contribution in [2.24, 2.45) is 0 Å². The van der Waals surface area contributed by atoms with E-state index in [0.717, 1.165) is 0 Å². The van der Waals surface area contributed by atoms with Gasteiger partial charge in [-0.3, -0.25) is 0 Å². The minimum Gasteiger partial charge on any atom is -0.394 e. The topological polar surface area (TPSA) is 221 Å². The molecule has 0 spiro atoms. The molecule has 10 N–H and O–H groups in total. The smallest absolute Gasteiger partial charge is 0.147 e. The van der Waals surface area contributed by atoms with Crippen molar-refractivity contribution in [3.63, 3.8) is 0 Å². The molecule has 12 heteroatoms. The molecule has 0 bridgehead atoms. The number of hydrogen-bond donors (Lipinski definition) is 10. The molecule has 3 rings (SSSR count). The molecule has 0 aromatic heterocycles. The summed E-state index contributed by atoms with van der Waals surface area (Å²) in [6.45, 7) is -2.19. The maximum atomic E-state index is 10.1. The van der Waals surface area contributed by atoms with Gasteiger partial charge in [-0.1, -0.05) is 23.7 Å². The van der Waals surface area contributed by atoms with E-state index in [1.807, 2.05) is 0 Å². The SMILES string of the molecule is OCc1cc(C#CC2OC(CO)C(O)C(O)C2O)c(CO)cc1C#CC1OC(CO)C(O)C(O)C1O. The third-order valence-corrected chi connectivity index (χ3v) is 6.15. The van der Waals surface area contributed by atoms with Crippen LogP contribution in [-0.2, 0) is 22.7 Å². The van der Waals surface area contributed by atoms with Gasteiger partial charge in [-0.25, -0.2) is 0 Å². The number of aliphatic hydroxyl groups excluding tert-OH is 10. The highest BCUT2D eigenvalue weighted by atomic mass is 16.5. The Morgan fingerprint density at radius 3 is 1.22 bits per heavy atom. The van der Waals surface area contributed by atoms with Crippen molar-refractivity contribution in [1.29, 1.82) is 0 Å². The molecule has 2 saturated heterocycles. The molecule has 0 amide bonds. The standard InChI is InChI=1S/C24H30O12/c25-7-13-6-12(2-4-16-20(30)24(34)22(32)18(10-28)36-16)14(8-26)5-11(13)1-3-15-19(29)23(33)21(31)17(9-27)35-15/h5-6,15-34H,7-10H2. The van der Waals surface area contributed by atoms with Gasteiger partial charge in [0.1, 0.15) is 61.0 Å². The molecular weight excluding hydrogens is 480 g/mol. The summed E-state index contributed by atoms with van der Waals surface area (Å²) in [4.78, 5) is 0. The Labute approximate surface area is 206 Å². The zero-order valence-corrected chi connectivity index (χ0v) is 19.0. The summed E-state index contributed by atoms with van der Waals surface area (Å²) in [5.74, 6) is 10.6. The van der Waals surface area contributed by atoms with Gasteiger partial charge in [0.15, 0.2) is 0 Å². The molecular formula is C24H30O12. The van der Waals surface area contributed by atoms with Crippen LogP contribution in [0.25, 0.3) is 0 Å². The Morgan fingerprint density at radius 1 is 0.556 bits per heavy atom. The van der Waals surface area contributed by atoms with Crippen LogP contribution in [0.3, 0.4) is 0 Å². The highest BCUT2D eigenvalue weighted by Gasteiger charge is 2.43. The molecule has 1 aromatic rings. The van der Waals surface area contributed by atoms with E-state index >= 15 is 0 Å². The number of hydrogen-bond acceptors (Lipinski definition) is 12. The lowest BCUT2D eigenvalue weighted by atomic mass is 9.94. The second-order valence-corrected chi connectivity index (χ2v) is 8.52. The fraction of sp³-hybridized carbons (Fsp3) is 0.583. The van der Waals surface area contributed by atoms with Gasteiger partial charge in [0.2, 0.25) is 0 Å². The molecule has 0 saturated carbocycles. The summed E-state index contributed by atoms with van der Waals surface area (Å²) in [5.41, 5.74) is 1.05. The third-order valence-electron chi connectivity index (χ3n) is 6.15. The Hall–Kier alpha value is -2.14. The summed E-state index contributed by atoms with van der Waals surface area (Å²) in [7, 11) is 0. The van der Waals surface area contributed by atoms with Crippen LogP contribution in [0.2, 0.25) is 0 Å². The monoisotopic (exact) mass is 510 g/mol.